The summed E-state index contributed by atoms with van der Waals surface area (Å²) in [5.41, 5.74) is 0.939. The molecule has 2 rings (SSSR count). The van der Waals surface area contributed by atoms with Crippen LogP contribution in [-0.4, -0.2) is 12.1 Å². The van der Waals surface area contributed by atoms with Crippen molar-refractivity contribution in [3.8, 4) is 12.1 Å². The van der Waals surface area contributed by atoms with Crippen LogP contribution >= 0.6 is 0 Å². The highest BCUT2D eigenvalue weighted by Crippen LogP contribution is 2.27. The standard InChI is InChI=1S/C19H17FN2O2/c20-17(13-22)3-1-2-14-6-10-18(11-7-14)24-19(23)16-8-4-15(12-21)5-9-16/h1-5,8-9,14,18H,6-7,10-11H2. The molecule has 4 nitrogen and oxygen atoms in total. The van der Waals surface area contributed by atoms with Gasteiger partial charge in [-0.25, -0.2) is 4.79 Å². The molecule has 1 aromatic rings. The van der Waals surface area contributed by atoms with Gasteiger partial charge < -0.3 is 4.74 Å². The summed E-state index contributed by atoms with van der Waals surface area (Å²) in [6.07, 6.45) is 7.68. The van der Waals surface area contributed by atoms with Crippen molar-refractivity contribution in [2.75, 3.05) is 0 Å². The van der Waals surface area contributed by atoms with Gasteiger partial charge in [-0.3, -0.25) is 0 Å². The summed E-state index contributed by atoms with van der Waals surface area (Å²) in [7, 11) is 0. The number of allylic oxidation sites excluding steroid dienone is 4. The Hall–Kier alpha value is -2.92. The molecule has 0 atom stereocenters. The first kappa shape index (κ1) is 17.4. The van der Waals surface area contributed by atoms with Crippen molar-refractivity contribution in [2.24, 2.45) is 5.92 Å². The molecule has 24 heavy (non-hydrogen) atoms. The van der Waals surface area contributed by atoms with Gasteiger partial charge in [0.1, 0.15) is 12.2 Å². The van der Waals surface area contributed by atoms with Crippen LogP contribution in [0.5, 0.6) is 0 Å². The van der Waals surface area contributed by atoms with Gasteiger partial charge in [0.15, 0.2) is 5.83 Å². The van der Waals surface area contributed by atoms with Crippen LogP contribution < -0.4 is 0 Å². The Morgan fingerprint density at radius 3 is 2.42 bits per heavy atom. The second-order valence-corrected chi connectivity index (χ2v) is 5.64. The molecule has 122 valence electrons. The third-order valence-corrected chi connectivity index (χ3v) is 3.97. The molecule has 1 saturated carbocycles. The van der Waals surface area contributed by atoms with E-state index in [0.29, 0.717) is 17.0 Å². The Balaban J connectivity index is 1.81. The van der Waals surface area contributed by atoms with Gasteiger partial charge in [0.2, 0.25) is 0 Å². The topological polar surface area (TPSA) is 73.9 Å². The Bertz CT molecular complexity index is 715. The van der Waals surface area contributed by atoms with Gasteiger partial charge in [0.05, 0.1) is 17.2 Å². The maximum absolute atomic E-state index is 12.7. The molecular formula is C19H17FN2O2. The molecule has 0 radical (unpaired) electrons. The lowest BCUT2D eigenvalue weighted by molar-refractivity contribution is 0.0185. The predicted octanol–water partition coefficient (Wildman–Crippen LogP) is 4.21. The zero-order valence-electron chi connectivity index (χ0n) is 13.1. The number of benzene rings is 1. The van der Waals surface area contributed by atoms with Crippen LogP contribution in [0.1, 0.15) is 41.6 Å². The summed E-state index contributed by atoms with van der Waals surface area (Å²) in [6.45, 7) is 0. The van der Waals surface area contributed by atoms with Crippen LogP contribution in [0.4, 0.5) is 4.39 Å². The quantitative estimate of drug-likeness (QED) is 0.472. The van der Waals surface area contributed by atoms with Crippen molar-refractivity contribution in [2.45, 2.75) is 31.8 Å². The Morgan fingerprint density at radius 1 is 1.17 bits per heavy atom. The molecule has 0 aliphatic heterocycles. The fraction of sp³-hybridized carbons (Fsp3) is 0.316. The molecule has 1 aliphatic carbocycles. The van der Waals surface area contributed by atoms with E-state index in [2.05, 4.69) is 0 Å². The molecule has 0 saturated heterocycles. The number of esters is 1. The van der Waals surface area contributed by atoms with Crippen molar-refractivity contribution in [3.63, 3.8) is 0 Å². The number of ether oxygens (including phenoxy) is 1. The highest BCUT2D eigenvalue weighted by Gasteiger charge is 2.23. The third kappa shape index (κ3) is 5.07. The first-order valence-electron chi connectivity index (χ1n) is 7.77. The van der Waals surface area contributed by atoms with E-state index in [-0.39, 0.29) is 12.1 Å². The molecule has 0 bridgehead atoms. The zero-order chi connectivity index (χ0) is 17.4. The minimum absolute atomic E-state index is 0.121. The normalized spacial score (nSPS) is 21.0. The lowest BCUT2D eigenvalue weighted by Gasteiger charge is -2.26. The number of hydrogen-bond donors (Lipinski definition) is 0. The number of rotatable bonds is 4. The zero-order valence-corrected chi connectivity index (χ0v) is 13.1. The van der Waals surface area contributed by atoms with Crippen LogP contribution in [-0.2, 0) is 4.74 Å². The number of nitrogens with zero attached hydrogens (tertiary/aromatic N) is 2. The Morgan fingerprint density at radius 2 is 1.83 bits per heavy atom. The highest BCUT2D eigenvalue weighted by molar-refractivity contribution is 5.89. The van der Waals surface area contributed by atoms with Gasteiger partial charge >= 0.3 is 5.97 Å². The van der Waals surface area contributed by atoms with Gasteiger partial charge in [-0.2, -0.15) is 14.9 Å². The molecule has 1 aromatic carbocycles. The van der Waals surface area contributed by atoms with E-state index >= 15 is 0 Å². The maximum Gasteiger partial charge on any atom is 0.338 e. The smallest absolute Gasteiger partial charge is 0.338 e. The fourth-order valence-electron chi connectivity index (χ4n) is 2.63. The molecule has 0 unspecified atom stereocenters. The van der Waals surface area contributed by atoms with Gasteiger partial charge in [-0.1, -0.05) is 12.2 Å². The number of carbonyl (C=O) groups excluding carboxylic acids is 1. The van der Waals surface area contributed by atoms with E-state index < -0.39 is 5.83 Å². The van der Waals surface area contributed by atoms with E-state index in [0.717, 1.165) is 31.8 Å². The van der Waals surface area contributed by atoms with E-state index in [9.17, 15) is 9.18 Å². The SMILES string of the molecule is N#CC(F)=CC=CC1CCC(OC(=O)c2ccc(C#N)cc2)CC1. The van der Waals surface area contributed by atoms with Gasteiger partial charge in [-0.15, -0.1) is 0 Å². The van der Waals surface area contributed by atoms with E-state index in [1.807, 2.05) is 12.1 Å². The first-order chi connectivity index (χ1) is 11.6. The van der Waals surface area contributed by atoms with Crippen molar-refractivity contribution in [3.05, 3.63) is 59.4 Å². The molecule has 5 heteroatoms. The van der Waals surface area contributed by atoms with Crippen LogP contribution in [0.15, 0.2) is 48.3 Å². The predicted molar refractivity (Wildman–Crippen MR) is 86.3 cm³/mol. The summed E-state index contributed by atoms with van der Waals surface area (Å²) >= 11 is 0. The van der Waals surface area contributed by atoms with Gasteiger partial charge in [0.25, 0.3) is 0 Å². The van der Waals surface area contributed by atoms with Crippen molar-refractivity contribution in [1.29, 1.82) is 10.5 Å². The molecule has 0 heterocycles. The average molecular weight is 324 g/mol. The number of halogens is 1. The molecule has 0 aromatic heterocycles. The number of nitriles is 2. The van der Waals surface area contributed by atoms with E-state index in [1.165, 1.54) is 6.07 Å². The second-order valence-electron chi connectivity index (χ2n) is 5.64. The summed E-state index contributed by atoms with van der Waals surface area (Å²) in [5, 5.41) is 17.1. The molecule has 1 aliphatic rings. The van der Waals surface area contributed by atoms with Gasteiger partial charge in [0, 0.05) is 0 Å². The lowest BCUT2D eigenvalue weighted by atomic mass is 9.87. The summed E-state index contributed by atoms with van der Waals surface area (Å²) in [6, 6.07) is 9.78. The van der Waals surface area contributed by atoms with Crippen molar-refractivity contribution >= 4 is 5.97 Å². The van der Waals surface area contributed by atoms with Crippen molar-refractivity contribution in [1.82, 2.24) is 0 Å². The monoisotopic (exact) mass is 324 g/mol. The van der Waals surface area contributed by atoms with Crippen LogP contribution in [0.3, 0.4) is 0 Å². The molecule has 1 fully saturated rings. The van der Waals surface area contributed by atoms with Crippen LogP contribution in [0, 0.1) is 28.6 Å². The third-order valence-electron chi connectivity index (χ3n) is 3.97. The van der Waals surface area contributed by atoms with Gasteiger partial charge in [-0.05, 0) is 61.9 Å². The average Bonchev–Trinajstić information content (AvgIpc) is 2.63. The number of hydrogen-bond acceptors (Lipinski definition) is 4. The first-order valence-corrected chi connectivity index (χ1v) is 7.77. The highest BCUT2D eigenvalue weighted by atomic mass is 19.1. The fourth-order valence-corrected chi connectivity index (χ4v) is 2.63. The largest absolute Gasteiger partial charge is 0.459 e. The molecule has 0 N–H and O–H groups in total. The van der Waals surface area contributed by atoms with E-state index in [1.54, 1.807) is 30.3 Å². The minimum Gasteiger partial charge on any atom is -0.459 e. The molecule has 0 amide bonds. The Labute approximate surface area is 140 Å². The van der Waals surface area contributed by atoms with Crippen LogP contribution in [0.25, 0.3) is 0 Å². The second kappa shape index (κ2) is 8.64. The Kier molecular flexibility index (Phi) is 6.28. The number of carbonyl (C=O) groups is 1. The van der Waals surface area contributed by atoms with Crippen LogP contribution in [0.2, 0.25) is 0 Å². The van der Waals surface area contributed by atoms with Crippen molar-refractivity contribution < 1.29 is 13.9 Å². The van der Waals surface area contributed by atoms with E-state index in [4.69, 9.17) is 15.3 Å². The molecule has 0 spiro atoms. The molecular weight excluding hydrogens is 307 g/mol. The summed E-state index contributed by atoms with van der Waals surface area (Å²) in [5.74, 6) is -0.883. The maximum atomic E-state index is 12.7. The minimum atomic E-state index is -0.809. The lowest BCUT2D eigenvalue weighted by Crippen LogP contribution is -2.24. The summed E-state index contributed by atoms with van der Waals surface area (Å²) < 4.78 is 18.2. The summed E-state index contributed by atoms with van der Waals surface area (Å²) in [4.78, 5) is 12.1.